The molecule has 0 aromatic carbocycles. The van der Waals surface area contributed by atoms with Gasteiger partial charge in [0.25, 0.3) is 0 Å². The van der Waals surface area contributed by atoms with E-state index in [0.29, 0.717) is 11.9 Å². The highest BCUT2D eigenvalue weighted by Gasteiger charge is 2.23. The Morgan fingerprint density at radius 1 is 1.37 bits per heavy atom. The van der Waals surface area contributed by atoms with Gasteiger partial charge in [0, 0.05) is 24.3 Å². The molecule has 1 aliphatic carbocycles. The molecular weight excluding hydrogens is 268 g/mol. The summed E-state index contributed by atoms with van der Waals surface area (Å²) in [4.78, 5) is 14.5. The highest BCUT2D eigenvalue weighted by atomic mass is 35.5. The van der Waals surface area contributed by atoms with Crippen LogP contribution in [0.15, 0.2) is 12.3 Å². The number of pyridine rings is 1. The molecule has 0 spiro atoms. The second kappa shape index (κ2) is 6.16. The van der Waals surface area contributed by atoms with Crippen LogP contribution in [0.2, 0.25) is 5.02 Å². The molecule has 1 saturated carbocycles. The van der Waals surface area contributed by atoms with Crippen molar-refractivity contribution in [3.8, 4) is 0 Å². The Labute approximate surface area is 116 Å². The van der Waals surface area contributed by atoms with Gasteiger partial charge in [-0.2, -0.15) is 0 Å². The molecule has 2 rings (SSSR count). The van der Waals surface area contributed by atoms with Crippen molar-refractivity contribution in [2.75, 3.05) is 12.4 Å². The highest BCUT2D eigenvalue weighted by Crippen LogP contribution is 2.28. The topological polar surface area (TPSA) is 80.1 Å². The predicted molar refractivity (Wildman–Crippen MR) is 74.6 cm³/mol. The second-order valence-electron chi connectivity index (χ2n) is 4.76. The zero-order valence-corrected chi connectivity index (χ0v) is 11.5. The Kier molecular flexibility index (Phi) is 4.55. The number of rotatable bonds is 4. The van der Waals surface area contributed by atoms with Crippen molar-refractivity contribution >= 4 is 23.1 Å². The zero-order valence-electron chi connectivity index (χ0n) is 10.7. The van der Waals surface area contributed by atoms with Crippen molar-refractivity contribution < 1.29 is 4.92 Å². The first-order valence-corrected chi connectivity index (χ1v) is 6.71. The Hall–Kier alpha value is -1.40. The molecule has 19 heavy (non-hydrogen) atoms. The van der Waals surface area contributed by atoms with Gasteiger partial charge in [-0.25, -0.2) is 4.98 Å². The maximum atomic E-state index is 11.0. The zero-order chi connectivity index (χ0) is 13.8. The summed E-state index contributed by atoms with van der Waals surface area (Å²) in [5, 5.41) is 17.7. The van der Waals surface area contributed by atoms with Crippen LogP contribution in [0.5, 0.6) is 0 Å². The van der Waals surface area contributed by atoms with E-state index < -0.39 is 4.92 Å². The van der Waals surface area contributed by atoms with Crippen LogP contribution in [-0.4, -0.2) is 29.0 Å². The van der Waals surface area contributed by atoms with E-state index in [-0.39, 0.29) is 16.8 Å². The fourth-order valence-corrected chi connectivity index (χ4v) is 2.55. The van der Waals surface area contributed by atoms with Gasteiger partial charge in [-0.05, 0) is 32.7 Å². The molecule has 104 valence electrons. The van der Waals surface area contributed by atoms with Gasteiger partial charge in [-0.1, -0.05) is 11.6 Å². The van der Waals surface area contributed by atoms with Gasteiger partial charge >= 0.3 is 5.69 Å². The summed E-state index contributed by atoms with van der Waals surface area (Å²) < 4.78 is 0. The molecule has 0 bridgehead atoms. The first kappa shape index (κ1) is 14.0. The van der Waals surface area contributed by atoms with Crippen LogP contribution in [-0.2, 0) is 0 Å². The standard InChI is InChI=1S/C12H17ClN4O2/c1-14-9-2-4-10(5-3-9)16-12-11(17(18)19)6-8(13)7-15-12/h6-7,9-10,14H,2-5H2,1H3,(H,15,16). The summed E-state index contributed by atoms with van der Waals surface area (Å²) in [6, 6.07) is 2.11. The van der Waals surface area contributed by atoms with Crippen molar-refractivity contribution in [2.24, 2.45) is 0 Å². The van der Waals surface area contributed by atoms with Gasteiger partial charge < -0.3 is 10.6 Å². The van der Waals surface area contributed by atoms with E-state index in [1.807, 2.05) is 7.05 Å². The van der Waals surface area contributed by atoms with Crippen LogP contribution < -0.4 is 10.6 Å². The van der Waals surface area contributed by atoms with E-state index in [0.717, 1.165) is 25.7 Å². The van der Waals surface area contributed by atoms with Gasteiger partial charge in [-0.3, -0.25) is 10.1 Å². The Morgan fingerprint density at radius 3 is 2.58 bits per heavy atom. The molecular formula is C12H17ClN4O2. The molecule has 0 saturated heterocycles. The summed E-state index contributed by atoms with van der Waals surface area (Å²) >= 11 is 5.74. The molecule has 6 nitrogen and oxygen atoms in total. The molecule has 1 aliphatic rings. The minimum atomic E-state index is -0.458. The summed E-state index contributed by atoms with van der Waals surface area (Å²) in [7, 11) is 1.96. The van der Waals surface area contributed by atoms with Crippen molar-refractivity contribution in [3.05, 3.63) is 27.4 Å². The van der Waals surface area contributed by atoms with Crippen LogP contribution in [0.1, 0.15) is 25.7 Å². The number of hydrogen-bond acceptors (Lipinski definition) is 5. The molecule has 0 amide bonds. The third kappa shape index (κ3) is 3.54. The van der Waals surface area contributed by atoms with Crippen LogP contribution in [0.4, 0.5) is 11.5 Å². The first-order valence-electron chi connectivity index (χ1n) is 6.34. The van der Waals surface area contributed by atoms with Crippen LogP contribution in [0.25, 0.3) is 0 Å². The lowest BCUT2D eigenvalue weighted by atomic mass is 9.91. The minimum absolute atomic E-state index is 0.0664. The fourth-order valence-electron chi connectivity index (χ4n) is 2.40. The molecule has 7 heteroatoms. The molecule has 1 aromatic rings. The molecule has 0 radical (unpaired) electrons. The van der Waals surface area contributed by atoms with Crippen molar-refractivity contribution in [1.29, 1.82) is 0 Å². The van der Waals surface area contributed by atoms with Crippen LogP contribution >= 0.6 is 11.6 Å². The largest absolute Gasteiger partial charge is 0.362 e. The Morgan fingerprint density at radius 2 is 2.00 bits per heavy atom. The number of nitro groups is 1. The van der Waals surface area contributed by atoms with Crippen molar-refractivity contribution in [3.63, 3.8) is 0 Å². The van der Waals surface area contributed by atoms with Gasteiger partial charge in [0.1, 0.15) is 0 Å². The van der Waals surface area contributed by atoms with Crippen molar-refractivity contribution in [2.45, 2.75) is 37.8 Å². The first-order chi connectivity index (χ1) is 9.10. The van der Waals surface area contributed by atoms with E-state index in [1.165, 1.54) is 12.3 Å². The lowest BCUT2D eigenvalue weighted by Gasteiger charge is -2.28. The van der Waals surface area contributed by atoms with E-state index in [9.17, 15) is 10.1 Å². The Balaban J connectivity index is 2.05. The molecule has 1 heterocycles. The number of anilines is 1. The lowest BCUT2D eigenvalue weighted by Crippen LogP contribution is -2.35. The number of aromatic nitrogens is 1. The maximum absolute atomic E-state index is 11.0. The molecule has 0 unspecified atom stereocenters. The number of halogens is 1. The van der Waals surface area contributed by atoms with Gasteiger partial charge in [0.05, 0.1) is 9.95 Å². The SMILES string of the molecule is CNC1CCC(Nc2ncc(Cl)cc2[N+](=O)[O-])CC1. The van der Waals surface area contributed by atoms with Crippen LogP contribution in [0.3, 0.4) is 0 Å². The quantitative estimate of drug-likeness (QED) is 0.656. The van der Waals surface area contributed by atoms with Gasteiger partial charge in [-0.15, -0.1) is 0 Å². The molecule has 0 aliphatic heterocycles. The Bertz CT molecular complexity index is 461. The average molecular weight is 285 g/mol. The van der Waals surface area contributed by atoms with E-state index in [2.05, 4.69) is 15.6 Å². The third-order valence-corrected chi connectivity index (χ3v) is 3.71. The van der Waals surface area contributed by atoms with E-state index in [4.69, 9.17) is 11.6 Å². The highest BCUT2D eigenvalue weighted by molar-refractivity contribution is 6.30. The number of nitrogens with one attached hydrogen (secondary N) is 2. The molecule has 1 fully saturated rings. The molecule has 0 atom stereocenters. The number of hydrogen-bond donors (Lipinski definition) is 2. The monoisotopic (exact) mass is 284 g/mol. The smallest absolute Gasteiger partial charge is 0.312 e. The molecule has 2 N–H and O–H groups in total. The van der Waals surface area contributed by atoms with E-state index in [1.54, 1.807) is 0 Å². The third-order valence-electron chi connectivity index (χ3n) is 3.51. The average Bonchev–Trinajstić information content (AvgIpc) is 2.41. The summed E-state index contributed by atoms with van der Waals surface area (Å²) in [5.74, 6) is 0.308. The fraction of sp³-hybridized carbons (Fsp3) is 0.583. The van der Waals surface area contributed by atoms with Crippen molar-refractivity contribution in [1.82, 2.24) is 10.3 Å². The lowest BCUT2D eigenvalue weighted by molar-refractivity contribution is -0.384. The van der Waals surface area contributed by atoms with Gasteiger partial charge in [0.15, 0.2) is 0 Å². The second-order valence-corrected chi connectivity index (χ2v) is 5.20. The van der Waals surface area contributed by atoms with Gasteiger partial charge in [0.2, 0.25) is 5.82 Å². The van der Waals surface area contributed by atoms with Crippen LogP contribution in [0, 0.1) is 10.1 Å². The number of nitrogens with zero attached hydrogens (tertiary/aromatic N) is 2. The van der Waals surface area contributed by atoms with E-state index >= 15 is 0 Å². The molecule has 1 aromatic heterocycles. The summed E-state index contributed by atoms with van der Waals surface area (Å²) in [6.45, 7) is 0. The normalized spacial score (nSPS) is 23.1. The summed E-state index contributed by atoms with van der Waals surface area (Å²) in [5.41, 5.74) is -0.0664. The summed E-state index contributed by atoms with van der Waals surface area (Å²) in [6.07, 6.45) is 5.52. The predicted octanol–water partition coefficient (Wildman–Crippen LogP) is 2.59. The minimum Gasteiger partial charge on any atom is -0.362 e. The maximum Gasteiger partial charge on any atom is 0.312 e.